The number of nitrogens with one attached hydrogen (secondary N) is 1. The Balaban J connectivity index is 4.23. The lowest BCUT2D eigenvalue weighted by Crippen LogP contribution is -2.44. The smallest absolute Gasteiger partial charge is 0.0747 e. The molecule has 0 aliphatic heterocycles. The molecule has 0 saturated carbocycles. The molecule has 88 valence electrons. The van der Waals surface area contributed by atoms with E-state index in [4.69, 9.17) is 11.2 Å². The molecule has 0 bridgehead atoms. The summed E-state index contributed by atoms with van der Waals surface area (Å²) in [6, 6.07) is 0.381. The third kappa shape index (κ3) is 5.81. The molecular weight excluding hydrogens is 186 g/mol. The van der Waals surface area contributed by atoms with Crippen LogP contribution in [0.1, 0.15) is 40.0 Å². The average Bonchev–Trinajstić information content (AvgIpc) is 2.21. The molecule has 0 radical (unpaired) electrons. The van der Waals surface area contributed by atoms with Gasteiger partial charge in [-0.3, -0.25) is 0 Å². The van der Waals surface area contributed by atoms with Crippen molar-refractivity contribution in [1.29, 1.82) is 0 Å². The van der Waals surface area contributed by atoms with Gasteiger partial charge in [0.25, 0.3) is 0 Å². The van der Waals surface area contributed by atoms with Gasteiger partial charge in [0, 0.05) is 19.6 Å². The number of methoxy groups -OCH3 is 1. The number of rotatable bonds is 8. The number of hydrogen-bond donors (Lipinski definition) is 1. The van der Waals surface area contributed by atoms with Gasteiger partial charge in [-0.05, 0) is 25.3 Å². The van der Waals surface area contributed by atoms with Crippen LogP contribution in [0.15, 0.2) is 0 Å². The summed E-state index contributed by atoms with van der Waals surface area (Å²) in [7, 11) is 1.78. The van der Waals surface area contributed by atoms with Gasteiger partial charge in [0.15, 0.2) is 0 Å². The first-order valence-corrected chi connectivity index (χ1v) is 5.87. The number of ether oxygens (including phenoxy) is 1. The van der Waals surface area contributed by atoms with Crippen LogP contribution in [0.5, 0.6) is 0 Å². The molecule has 0 aliphatic rings. The van der Waals surface area contributed by atoms with Gasteiger partial charge in [-0.2, -0.15) is 0 Å². The van der Waals surface area contributed by atoms with Crippen LogP contribution in [-0.4, -0.2) is 25.8 Å². The van der Waals surface area contributed by atoms with Crippen molar-refractivity contribution in [3.63, 3.8) is 0 Å². The Morgan fingerprint density at radius 2 is 2.07 bits per heavy atom. The van der Waals surface area contributed by atoms with Crippen molar-refractivity contribution in [2.45, 2.75) is 52.2 Å². The van der Waals surface area contributed by atoms with Crippen LogP contribution in [0.4, 0.5) is 0 Å². The Morgan fingerprint density at radius 1 is 1.40 bits per heavy atom. The van der Waals surface area contributed by atoms with E-state index in [2.05, 4.69) is 32.0 Å². The fourth-order valence-electron chi connectivity index (χ4n) is 1.85. The van der Waals surface area contributed by atoms with Gasteiger partial charge in [0.1, 0.15) is 0 Å². The highest BCUT2D eigenvalue weighted by Crippen LogP contribution is 2.14. The minimum atomic E-state index is 0.255. The molecule has 0 aliphatic carbocycles. The Morgan fingerprint density at radius 3 is 2.47 bits per heavy atom. The fraction of sp³-hybridized carbons (Fsp3) is 0.846. The van der Waals surface area contributed by atoms with E-state index >= 15 is 0 Å². The van der Waals surface area contributed by atoms with Crippen LogP contribution in [0.2, 0.25) is 0 Å². The van der Waals surface area contributed by atoms with Crippen molar-refractivity contribution in [2.75, 3.05) is 13.7 Å². The van der Waals surface area contributed by atoms with Crippen LogP contribution in [0.3, 0.4) is 0 Å². The van der Waals surface area contributed by atoms with Crippen molar-refractivity contribution in [2.24, 2.45) is 5.92 Å². The molecule has 2 nitrogen and oxygen atoms in total. The SMILES string of the molecule is C#CCCC(NCCC)C(OC)C(C)C. The summed E-state index contributed by atoms with van der Waals surface area (Å²) >= 11 is 0. The summed E-state index contributed by atoms with van der Waals surface area (Å²) in [6.45, 7) is 7.57. The fourth-order valence-corrected chi connectivity index (χ4v) is 1.85. The molecule has 0 heterocycles. The van der Waals surface area contributed by atoms with Crippen molar-refractivity contribution in [1.82, 2.24) is 5.32 Å². The standard InChI is InChI=1S/C13H25NO/c1-6-8-9-12(14-10-7-2)13(15-5)11(3)4/h1,11-14H,7-10H2,2-5H3. The average molecular weight is 211 g/mol. The van der Waals surface area contributed by atoms with E-state index in [0.29, 0.717) is 12.0 Å². The third-order valence-corrected chi connectivity index (χ3v) is 2.58. The second kappa shape index (κ2) is 8.76. The lowest BCUT2D eigenvalue weighted by atomic mass is 9.95. The minimum Gasteiger partial charge on any atom is -0.380 e. The van der Waals surface area contributed by atoms with Crippen LogP contribution in [0.25, 0.3) is 0 Å². The maximum atomic E-state index is 5.54. The Bertz CT molecular complexity index is 183. The summed E-state index contributed by atoms with van der Waals surface area (Å²) in [4.78, 5) is 0. The van der Waals surface area contributed by atoms with E-state index in [9.17, 15) is 0 Å². The largest absolute Gasteiger partial charge is 0.380 e. The molecule has 0 aromatic heterocycles. The van der Waals surface area contributed by atoms with Gasteiger partial charge in [0.2, 0.25) is 0 Å². The third-order valence-electron chi connectivity index (χ3n) is 2.58. The van der Waals surface area contributed by atoms with Crippen LogP contribution in [0, 0.1) is 18.3 Å². The highest BCUT2D eigenvalue weighted by atomic mass is 16.5. The van der Waals surface area contributed by atoms with Gasteiger partial charge in [-0.25, -0.2) is 0 Å². The molecule has 0 aromatic rings. The monoisotopic (exact) mass is 211 g/mol. The Labute approximate surface area is 94.8 Å². The molecule has 0 spiro atoms. The molecule has 0 aromatic carbocycles. The van der Waals surface area contributed by atoms with E-state index in [-0.39, 0.29) is 6.10 Å². The first kappa shape index (κ1) is 14.5. The maximum Gasteiger partial charge on any atom is 0.0747 e. The first-order valence-electron chi connectivity index (χ1n) is 5.87. The van der Waals surface area contributed by atoms with Gasteiger partial charge in [-0.15, -0.1) is 12.3 Å². The first-order chi connectivity index (χ1) is 7.17. The predicted octanol–water partition coefficient (Wildman–Crippen LogP) is 2.44. The number of hydrogen-bond acceptors (Lipinski definition) is 2. The molecule has 2 unspecified atom stereocenters. The summed E-state index contributed by atoms with van der Waals surface area (Å²) in [5.74, 6) is 3.21. The van der Waals surface area contributed by atoms with Crippen molar-refractivity contribution >= 4 is 0 Å². The van der Waals surface area contributed by atoms with E-state index in [1.807, 2.05) is 0 Å². The summed E-state index contributed by atoms with van der Waals surface area (Å²) < 4.78 is 5.54. The van der Waals surface area contributed by atoms with Crippen LogP contribution in [-0.2, 0) is 4.74 Å². The number of terminal acetylenes is 1. The molecule has 1 N–H and O–H groups in total. The Kier molecular flexibility index (Phi) is 8.46. The van der Waals surface area contributed by atoms with Gasteiger partial charge in [0.05, 0.1) is 6.10 Å². The zero-order valence-corrected chi connectivity index (χ0v) is 10.5. The van der Waals surface area contributed by atoms with Crippen molar-refractivity contribution in [3.8, 4) is 12.3 Å². The summed E-state index contributed by atoms with van der Waals surface area (Å²) in [6.07, 6.45) is 8.51. The molecule has 2 heteroatoms. The lowest BCUT2D eigenvalue weighted by Gasteiger charge is -2.29. The van der Waals surface area contributed by atoms with E-state index in [0.717, 1.165) is 25.8 Å². The van der Waals surface area contributed by atoms with Crippen LogP contribution < -0.4 is 5.32 Å². The van der Waals surface area contributed by atoms with Crippen molar-refractivity contribution < 1.29 is 4.74 Å². The molecule has 0 rings (SSSR count). The summed E-state index contributed by atoms with van der Waals surface area (Å²) in [5, 5.41) is 3.52. The normalized spacial score (nSPS) is 14.9. The van der Waals surface area contributed by atoms with Crippen molar-refractivity contribution in [3.05, 3.63) is 0 Å². The molecule has 2 atom stereocenters. The highest BCUT2D eigenvalue weighted by Gasteiger charge is 2.22. The molecule has 15 heavy (non-hydrogen) atoms. The van der Waals surface area contributed by atoms with E-state index < -0.39 is 0 Å². The van der Waals surface area contributed by atoms with Gasteiger partial charge in [-0.1, -0.05) is 20.8 Å². The second-order valence-corrected chi connectivity index (χ2v) is 4.25. The molecule has 0 fully saturated rings. The lowest BCUT2D eigenvalue weighted by molar-refractivity contribution is 0.0311. The maximum absolute atomic E-state index is 5.54. The van der Waals surface area contributed by atoms with Crippen LogP contribution >= 0.6 is 0 Å². The second-order valence-electron chi connectivity index (χ2n) is 4.25. The topological polar surface area (TPSA) is 21.3 Å². The molecule has 0 saturated heterocycles. The van der Waals surface area contributed by atoms with E-state index in [1.54, 1.807) is 7.11 Å². The zero-order valence-electron chi connectivity index (χ0n) is 10.5. The zero-order chi connectivity index (χ0) is 11.7. The quantitative estimate of drug-likeness (QED) is 0.623. The van der Waals surface area contributed by atoms with E-state index in [1.165, 1.54) is 0 Å². The minimum absolute atomic E-state index is 0.255. The molecule has 0 amide bonds. The van der Waals surface area contributed by atoms with Gasteiger partial charge >= 0.3 is 0 Å². The highest BCUT2D eigenvalue weighted by molar-refractivity contribution is 4.88. The summed E-state index contributed by atoms with van der Waals surface area (Å²) in [5.41, 5.74) is 0. The molecular formula is C13H25NO. The predicted molar refractivity (Wildman–Crippen MR) is 65.8 cm³/mol. The van der Waals surface area contributed by atoms with Gasteiger partial charge < -0.3 is 10.1 Å². The Hall–Kier alpha value is -0.520.